The van der Waals surface area contributed by atoms with Crippen LogP contribution in [0.15, 0.2) is 42.7 Å². The molecule has 132 valence electrons. The van der Waals surface area contributed by atoms with Crippen molar-refractivity contribution in [3.63, 3.8) is 0 Å². The molecule has 1 amide bonds. The van der Waals surface area contributed by atoms with Crippen molar-refractivity contribution < 1.29 is 13.9 Å². The van der Waals surface area contributed by atoms with E-state index in [-0.39, 0.29) is 11.7 Å². The minimum atomic E-state index is -0.300. The molecule has 0 unspecified atom stereocenters. The largest absolute Gasteiger partial charge is 0.379 e. The van der Waals surface area contributed by atoms with Gasteiger partial charge in [0.2, 0.25) is 5.91 Å². The molecule has 2 aromatic rings. The van der Waals surface area contributed by atoms with Crippen molar-refractivity contribution in [3.8, 4) is 0 Å². The zero-order valence-corrected chi connectivity index (χ0v) is 13.9. The molecule has 0 atom stereocenters. The van der Waals surface area contributed by atoms with Crippen LogP contribution >= 0.6 is 0 Å². The van der Waals surface area contributed by atoms with E-state index in [4.69, 9.17) is 4.74 Å². The Balaban J connectivity index is 1.46. The molecule has 1 N–H and O–H groups in total. The summed E-state index contributed by atoms with van der Waals surface area (Å²) in [5, 5.41) is 7.03. The van der Waals surface area contributed by atoms with Crippen LogP contribution in [-0.2, 0) is 16.1 Å². The standard InChI is InChI=1S/C18H21FN4O2/c19-16-4-1-15(2-5-16)3-6-18(24)21-17-13-20-23(14-17)8-7-22-9-11-25-12-10-22/h1-6,13-14H,7-12H2,(H,21,24). The van der Waals surface area contributed by atoms with Crippen molar-refractivity contribution in [2.45, 2.75) is 6.54 Å². The van der Waals surface area contributed by atoms with Gasteiger partial charge in [-0.2, -0.15) is 5.10 Å². The molecule has 0 saturated carbocycles. The molecule has 6 nitrogen and oxygen atoms in total. The third-order valence-corrected chi connectivity index (χ3v) is 3.95. The maximum absolute atomic E-state index is 12.8. The highest BCUT2D eigenvalue weighted by atomic mass is 19.1. The van der Waals surface area contributed by atoms with Gasteiger partial charge in [0, 0.05) is 31.9 Å². The molecule has 0 radical (unpaired) electrons. The Hall–Kier alpha value is -2.51. The number of hydrogen-bond donors (Lipinski definition) is 1. The Morgan fingerprint density at radius 1 is 1.24 bits per heavy atom. The number of benzene rings is 1. The summed E-state index contributed by atoms with van der Waals surface area (Å²) in [7, 11) is 0. The molecule has 1 aromatic heterocycles. The number of morpholine rings is 1. The Kier molecular flexibility index (Phi) is 5.92. The summed E-state index contributed by atoms with van der Waals surface area (Å²) in [5.74, 6) is -0.553. The number of halogens is 1. The van der Waals surface area contributed by atoms with Gasteiger partial charge in [-0.05, 0) is 23.8 Å². The average molecular weight is 344 g/mol. The zero-order valence-electron chi connectivity index (χ0n) is 13.9. The van der Waals surface area contributed by atoms with Gasteiger partial charge in [-0.15, -0.1) is 0 Å². The van der Waals surface area contributed by atoms with Crippen LogP contribution in [-0.4, -0.2) is 53.4 Å². The Morgan fingerprint density at radius 3 is 2.76 bits per heavy atom. The predicted octanol–water partition coefficient (Wildman–Crippen LogP) is 2.01. The maximum Gasteiger partial charge on any atom is 0.248 e. The topological polar surface area (TPSA) is 59.4 Å². The number of amides is 1. The lowest BCUT2D eigenvalue weighted by Gasteiger charge is -2.26. The van der Waals surface area contributed by atoms with Crippen LogP contribution in [0.2, 0.25) is 0 Å². The Labute approximate surface area is 145 Å². The van der Waals surface area contributed by atoms with Gasteiger partial charge in [0.05, 0.1) is 31.6 Å². The zero-order chi connectivity index (χ0) is 17.5. The minimum absolute atomic E-state index is 0.253. The lowest BCUT2D eigenvalue weighted by molar-refractivity contribution is -0.111. The van der Waals surface area contributed by atoms with E-state index < -0.39 is 0 Å². The average Bonchev–Trinajstić information content (AvgIpc) is 3.08. The third kappa shape index (κ3) is 5.51. The van der Waals surface area contributed by atoms with E-state index in [9.17, 15) is 9.18 Å². The van der Waals surface area contributed by atoms with Gasteiger partial charge in [-0.25, -0.2) is 4.39 Å². The van der Waals surface area contributed by atoms with E-state index in [1.54, 1.807) is 24.4 Å². The summed E-state index contributed by atoms with van der Waals surface area (Å²) >= 11 is 0. The second kappa shape index (κ2) is 8.55. The first-order valence-corrected chi connectivity index (χ1v) is 8.26. The van der Waals surface area contributed by atoms with Crippen LogP contribution in [0.3, 0.4) is 0 Å². The van der Waals surface area contributed by atoms with Crippen molar-refractivity contribution in [1.82, 2.24) is 14.7 Å². The molecule has 1 fully saturated rings. The van der Waals surface area contributed by atoms with Gasteiger partial charge < -0.3 is 10.1 Å². The van der Waals surface area contributed by atoms with Gasteiger partial charge in [0.25, 0.3) is 0 Å². The summed E-state index contributed by atoms with van der Waals surface area (Å²) in [6.07, 6.45) is 6.49. The SMILES string of the molecule is O=C(C=Cc1ccc(F)cc1)Nc1cnn(CCN2CCOCC2)c1. The van der Waals surface area contributed by atoms with E-state index in [0.29, 0.717) is 5.69 Å². The number of hydrogen-bond acceptors (Lipinski definition) is 4. The van der Waals surface area contributed by atoms with E-state index in [1.165, 1.54) is 18.2 Å². The Morgan fingerprint density at radius 2 is 2.00 bits per heavy atom. The van der Waals surface area contributed by atoms with Crippen molar-refractivity contribution in [3.05, 3.63) is 54.1 Å². The first-order valence-electron chi connectivity index (χ1n) is 8.26. The molecule has 2 heterocycles. The van der Waals surface area contributed by atoms with Crippen LogP contribution in [0.5, 0.6) is 0 Å². The molecule has 0 spiro atoms. The van der Waals surface area contributed by atoms with Crippen molar-refractivity contribution >= 4 is 17.7 Å². The molecule has 25 heavy (non-hydrogen) atoms. The van der Waals surface area contributed by atoms with Crippen molar-refractivity contribution in [2.24, 2.45) is 0 Å². The van der Waals surface area contributed by atoms with E-state index in [0.717, 1.165) is 45.0 Å². The summed E-state index contributed by atoms with van der Waals surface area (Å²) in [4.78, 5) is 14.3. The molecule has 7 heteroatoms. The van der Waals surface area contributed by atoms with Gasteiger partial charge in [0.15, 0.2) is 0 Å². The second-order valence-corrected chi connectivity index (χ2v) is 5.82. The first-order chi connectivity index (χ1) is 12.2. The predicted molar refractivity (Wildman–Crippen MR) is 93.5 cm³/mol. The molecule has 1 saturated heterocycles. The summed E-state index contributed by atoms with van der Waals surface area (Å²) in [6.45, 7) is 5.11. The number of anilines is 1. The smallest absolute Gasteiger partial charge is 0.248 e. The lowest BCUT2D eigenvalue weighted by Crippen LogP contribution is -2.38. The maximum atomic E-state index is 12.8. The molecule has 0 bridgehead atoms. The van der Waals surface area contributed by atoms with Crippen LogP contribution in [0, 0.1) is 5.82 Å². The van der Waals surface area contributed by atoms with E-state index in [1.807, 2.05) is 10.9 Å². The second-order valence-electron chi connectivity index (χ2n) is 5.82. The van der Waals surface area contributed by atoms with Crippen molar-refractivity contribution in [1.29, 1.82) is 0 Å². The van der Waals surface area contributed by atoms with Gasteiger partial charge in [-0.3, -0.25) is 14.4 Å². The van der Waals surface area contributed by atoms with Gasteiger partial charge >= 0.3 is 0 Å². The normalized spacial score (nSPS) is 15.6. The summed E-state index contributed by atoms with van der Waals surface area (Å²) < 4.78 is 20.0. The number of carbonyl (C=O) groups excluding carboxylic acids is 1. The number of nitrogens with zero attached hydrogens (tertiary/aromatic N) is 3. The fourth-order valence-corrected chi connectivity index (χ4v) is 2.55. The van der Waals surface area contributed by atoms with Gasteiger partial charge in [-0.1, -0.05) is 12.1 Å². The monoisotopic (exact) mass is 344 g/mol. The number of carbonyl (C=O) groups is 1. The first kappa shape index (κ1) is 17.3. The highest BCUT2D eigenvalue weighted by molar-refractivity contribution is 6.01. The third-order valence-electron chi connectivity index (χ3n) is 3.95. The number of ether oxygens (including phenoxy) is 1. The highest BCUT2D eigenvalue weighted by Gasteiger charge is 2.10. The highest BCUT2D eigenvalue weighted by Crippen LogP contribution is 2.08. The number of nitrogens with one attached hydrogen (secondary N) is 1. The lowest BCUT2D eigenvalue weighted by atomic mass is 10.2. The van der Waals surface area contributed by atoms with E-state index in [2.05, 4.69) is 15.3 Å². The van der Waals surface area contributed by atoms with Crippen molar-refractivity contribution in [2.75, 3.05) is 38.2 Å². The molecule has 3 rings (SSSR count). The summed E-state index contributed by atoms with van der Waals surface area (Å²) in [6, 6.07) is 5.94. The molecule has 0 aliphatic carbocycles. The van der Waals surface area contributed by atoms with E-state index >= 15 is 0 Å². The van der Waals surface area contributed by atoms with Crippen LogP contribution in [0.1, 0.15) is 5.56 Å². The molecule has 1 aliphatic rings. The molecular weight excluding hydrogens is 323 g/mol. The van der Waals surface area contributed by atoms with Crippen LogP contribution in [0.25, 0.3) is 6.08 Å². The number of aromatic nitrogens is 2. The minimum Gasteiger partial charge on any atom is -0.379 e. The fraction of sp³-hybridized carbons (Fsp3) is 0.333. The number of rotatable bonds is 6. The van der Waals surface area contributed by atoms with Crippen LogP contribution < -0.4 is 5.32 Å². The fourth-order valence-electron chi connectivity index (χ4n) is 2.55. The van der Waals surface area contributed by atoms with Crippen LogP contribution in [0.4, 0.5) is 10.1 Å². The molecule has 1 aliphatic heterocycles. The molecule has 1 aromatic carbocycles. The summed E-state index contributed by atoms with van der Waals surface area (Å²) in [5.41, 5.74) is 1.41. The van der Waals surface area contributed by atoms with Gasteiger partial charge in [0.1, 0.15) is 5.82 Å². The molecular formula is C18H21FN4O2. The quantitative estimate of drug-likeness (QED) is 0.815. The Bertz CT molecular complexity index is 721.